The second-order valence-corrected chi connectivity index (χ2v) is 7.41. The summed E-state index contributed by atoms with van der Waals surface area (Å²) < 4.78 is 5.77. The Balaban J connectivity index is 3.55. The molecule has 2 nitrogen and oxygen atoms in total. The lowest BCUT2D eigenvalue weighted by molar-refractivity contribution is 0.0904. The van der Waals surface area contributed by atoms with E-state index in [4.69, 9.17) is 4.74 Å². The van der Waals surface area contributed by atoms with Gasteiger partial charge in [0.1, 0.15) is 0 Å². The molecular formula is C20H42O2. The maximum absolute atomic E-state index is 9.55. The number of hydrogen-bond acceptors (Lipinski definition) is 2. The summed E-state index contributed by atoms with van der Waals surface area (Å²) in [5.74, 6) is 0. The molecule has 0 aromatic rings. The van der Waals surface area contributed by atoms with E-state index in [0.29, 0.717) is 12.0 Å². The first-order valence-corrected chi connectivity index (χ1v) is 9.70. The second-order valence-electron chi connectivity index (χ2n) is 7.41. The number of ether oxygens (including phenoxy) is 1. The summed E-state index contributed by atoms with van der Waals surface area (Å²) in [7, 11) is 0. The molecule has 0 atom stereocenters. The molecule has 2 heteroatoms. The van der Waals surface area contributed by atoms with Crippen LogP contribution in [-0.4, -0.2) is 24.9 Å². The van der Waals surface area contributed by atoms with Crippen molar-refractivity contribution in [2.24, 2.45) is 10.8 Å². The molecule has 0 unspecified atom stereocenters. The van der Waals surface area contributed by atoms with E-state index in [1.807, 2.05) is 0 Å². The Morgan fingerprint density at radius 3 is 1.64 bits per heavy atom. The molecule has 0 aliphatic carbocycles. The Morgan fingerprint density at radius 1 is 0.727 bits per heavy atom. The molecule has 1 N–H and O–H groups in total. The number of aliphatic hydroxyl groups excluding tert-OH is 1. The molecule has 0 aromatic heterocycles. The van der Waals surface area contributed by atoms with Crippen LogP contribution >= 0.6 is 0 Å². The normalized spacial score (nSPS) is 12.8. The third kappa shape index (κ3) is 8.53. The number of unbranched alkanes of at least 4 members (excludes halogenated alkanes) is 2. The van der Waals surface area contributed by atoms with E-state index in [1.165, 1.54) is 38.5 Å². The number of hydrogen-bond donors (Lipinski definition) is 1. The lowest BCUT2D eigenvalue weighted by Crippen LogP contribution is -2.23. The Morgan fingerprint density at radius 2 is 1.23 bits per heavy atom. The van der Waals surface area contributed by atoms with Crippen molar-refractivity contribution in [3.8, 4) is 0 Å². The van der Waals surface area contributed by atoms with Crippen molar-refractivity contribution >= 4 is 0 Å². The third-order valence-corrected chi connectivity index (χ3v) is 6.11. The SMILES string of the molecule is CCC(C)(CC)CCCCOCCCCC(CC)(CC)CO. The van der Waals surface area contributed by atoms with Gasteiger partial charge in [-0.25, -0.2) is 0 Å². The van der Waals surface area contributed by atoms with Crippen LogP contribution < -0.4 is 0 Å². The van der Waals surface area contributed by atoms with Gasteiger partial charge < -0.3 is 9.84 Å². The van der Waals surface area contributed by atoms with Gasteiger partial charge in [0.05, 0.1) is 0 Å². The van der Waals surface area contributed by atoms with Crippen molar-refractivity contribution in [2.75, 3.05) is 19.8 Å². The number of aliphatic hydroxyl groups is 1. The standard InChI is InChI=1S/C20H42O2/c1-6-19(5,7-2)14-10-12-16-22-17-13-11-15-20(8-3,9-4)18-21/h21H,6-18H2,1-5H3. The van der Waals surface area contributed by atoms with Crippen molar-refractivity contribution in [1.82, 2.24) is 0 Å². The topological polar surface area (TPSA) is 29.5 Å². The van der Waals surface area contributed by atoms with Gasteiger partial charge >= 0.3 is 0 Å². The first kappa shape index (κ1) is 21.9. The van der Waals surface area contributed by atoms with Gasteiger partial charge in [-0.3, -0.25) is 0 Å². The molecule has 134 valence electrons. The molecule has 0 amide bonds. The molecule has 0 rings (SSSR count). The van der Waals surface area contributed by atoms with Gasteiger partial charge in [-0.05, 0) is 49.4 Å². The van der Waals surface area contributed by atoms with Gasteiger partial charge in [0, 0.05) is 19.8 Å². The highest BCUT2D eigenvalue weighted by atomic mass is 16.5. The van der Waals surface area contributed by atoms with Gasteiger partial charge in [-0.2, -0.15) is 0 Å². The maximum Gasteiger partial charge on any atom is 0.0487 e. The highest BCUT2D eigenvalue weighted by Gasteiger charge is 2.24. The molecule has 22 heavy (non-hydrogen) atoms. The zero-order valence-corrected chi connectivity index (χ0v) is 16.0. The summed E-state index contributed by atoms with van der Waals surface area (Å²) in [6, 6.07) is 0. The molecule has 0 fully saturated rings. The fourth-order valence-electron chi connectivity index (χ4n) is 3.07. The van der Waals surface area contributed by atoms with Crippen LogP contribution in [0, 0.1) is 10.8 Å². The van der Waals surface area contributed by atoms with Crippen LogP contribution in [0.3, 0.4) is 0 Å². The molecule has 0 saturated carbocycles. The molecule has 0 radical (unpaired) electrons. The van der Waals surface area contributed by atoms with Crippen molar-refractivity contribution in [3.63, 3.8) is 0 Å². The van der Waals surface area contributed by atoms with Crippen molar-refractivity contribution in [2.45, 2.75) is 98.8 Å². The molecule has 0 bridgehead atoms. The van der Waals surface area contributed by atoms with Gasteiger partial charge in [0.25, 0.3) is 0 Å². The van der Waals surface area contributed by atoms with Crippen LogP contribution in [-0.2, 0) is 4.74 Å². The molecule has 0 aliphatic rings. The predicted molar refractivity (Wildman–Crippen MR) is 97.3 cm³/mol. The molecule has 0 spiro atoms. The van der Waals surface area contributed by atoms with Gasteiger partial charge in [-0.15, -0.1) is 0 Å². The molecule has 0 aromatic carbocycles. The first-order valence-electron chi connectivity index (χ1n) is 9.70. The summed E-state index contributed by atoms with van der Waals surface area (Å²) in [5, 5.41) is 9.55. The Labute approximate surface area is 140 Å². The smallest absolute Gasteiger partial charge is 0.0487 e. The highest BCUT2D eigenvalue weighted by molar-refractivity contribution is 4.75. The lowest BCUT2D eigenvalue weighted by atomic mass is 9.79. The van der Waals surface area contributed by atoms with Gasteiger partial charge in [0.15, 0.2) is 0 Å². The average Bonchev–Trinajstić information content (AvgIpc) is 2.57. The maximum atomic E-state index is 9.55. The molecule has 0 aliphatic heterocycles. The summed E-state index contributed by atoms with van der Waals surface area (Å²) in [6.45, 7) is 13.5. The Hall–Kier alpha value is -0.0800. The largest absolute Gasteiger partial charge is 0.396 e. The third-order valence-electron chi connectivity index (χ3n) is 6.11. The van der Waals surface area contributed by atoms with Crippen molar-refractivity contribution < 1.29 is 9.84 Å². The summed E-state index contributed by atoms with van der Waals surface area (Å²) in [5.41, 5.74) is 0.693. The molecule has 0 saturated heterocycles. The van der Waals surface area contributed by atoms with E-state index in [1.54, 1.807) is 0 Å². The van der Waals surface area contributed by atoms with E-state index in [0.717, 1.165) is 38.9 Å². The minimum atomic E-state index is 0.158. The first-order chi connectivity index (χ1) is 10.5. The average molecular weight is 315 g/mol. The summed E-state index contributed by atoms with van der Waals surface area (Å²) in [4.78, 5) is 0. The van der Waals surface area contributed by atoms with Crippen molar-refractivity contribution in [3.05, 3.63) is 0 Å². The Bertz CT molecular complexity index is 234. The summed E-state index contributed by atoms with van der Waals surface area (Å²) in [6.07, 6.45) is 12.0. The van der Waals surface area contributed by atoms with Gasteiger partial charge in [0.2, 0.25) is 0 Å². The highest BCUT2D eigenvalue weighted by Crippen LogP contribution is 2.32. The number of rotatable bonds is 15. The quantitative estimate of drug-likeness (QED) is 0.377. The van der Waals surface area contributed by atoms with Crippen LogP contribution in [0.1, 0.15) is 98.8 Å². The van der Waals surface area contributed by atoms with Crippen LogP contribution in [0.25, 0.3) is 0 Å². The van der Waals surface area contributed by atoms with Crippen LogP contribution in [0.4, 0.5) is 0 Å². The second kappa shape index (κ2) is 12.4. The minimum absolute atomic E-state index is 0.158. The van der Waals surface area contributed by atoms with Crippen LogP contribution in [0.5, 0.6) is 0 Å². The molecule has 0 heterocycles. The zero-order chi connectivity index (χ0) is 16.9. The molecular weight excluding hydrogens is 272 g/mol. The lowest BCUT2D eigenvalue weighted by Gasteiger charge is -2.29. The van der Waals surface area contributed by atoms with E-state index >= 15 is 0 Å². The Kier molecular flexibility index (Phi) is 12.3. The van der Waals surface area contributed by atoms with E-state index in [9.17, 15) is 5.11 Å². The monoisotopic (exact) mass is 314 g/mol. The van der Waals surface area contributed by atoms with Crippen LogP contribution in [0.2, 0.25) is 0 Å². The fourth-order valence-corrected chi connectivity index (χ4v) is 3.07. The van der Waals surface area contributed by atoms with E-state index in [-0.39, 0.29) is 5.41 Å². The summed E-state index contributed by atoms with van der Waals surface area (Å²) >= 11 is 0. The van der Waals surface area contributed by atoms with Crippen molar-refractivity contribution in [1.29, 1.82) is 0 Å². The van der Waals surface area contributed by atoms with Gasteiger partial charge in [-0.1, -0.05) is 60.3 Å². The van der Waals surface area contributed by atoms with E-state index < -0.39 is 0 Å². The minimum Gasteiger partial charge on any atom is -0.396 e. The zero-order valence-electron chi connectivity index (χ0n) is 16.0. The predicted octanol–water partition coefficient (Wildman–Crippen LogP) is 5.97. The fraction of sp³-hybridized carbons (Fsp3) is 1.00. The van der Waals surface area contributed by atoms with E-state index in [2.05, 4.69) is 34.6 Å². The van der Waals surface area contributed by atoms with Crippen LogP contribution in [0.15, 0.2) is 0 Å².